The van der Waals surface area contributed by atoms with Crippen LogP contribution < -0.4 is 11.1 Å². The first-order valence-electron chi connectivity index (χ1n) is 6.02. The van der Waals surface area contributed by atoms with Crippen LogP contribution in [-0.4, -0.2) is 17.5 Å². The zero-order valence-corrected chi connectivity index (χ0v) is 9.81. The molecule has 0 aliphatic heterocycles. The summed E-state index contributed by atoms with van der Waals surface area (Å²) in [6.07, 6.45) is 6.22. The van der Waals surface area contributed by atoms with Gasteiger partial charge in [-0.05, 0) is 45.4 Å². The molecule has 3 N–H and O–H groups in total. The molecule has 2 saturated carbocycles. The van der Waals surface area contributed by atoms with Gasteiger partial charge >= 0.3 is 0 Å². The van der Waals surface area contributed by atoms with Crippen LogP contribution in [0.3, 0.4) is 0 Å². The van der Waals surface area contributed by atoms with Gasteiger partial charge in [-0.2, -0.15) is 0 Å². The maximum absolute atomic E-state index is 11.9. The minimum absolute atomic E-state index is 0.00144. The van der Waals surface area contributed by atoms with E-state index < -0.39 is 0 Å². The summed E-state index contributed by atoms with van der Waals surface area (Å²) >= 11 is 0. The van der Waals surface area contributed by atoms with E-state index in [0.29, 0.717) is 6.04 Å². The second-order valence-corrected chi connectivity index (χ2v) is 5.91. The molecule has 3 nitrogen and oxygen atoms in total. The summed E-state index contributed by atoms with van der Waals surface area (Å²) < 4.78 is 0. The van der Waals surface area contributed by atoms with Gasteiger partial charge in [0.1, 0.15) is 0 Å². The number of rotatable bonds is 2. The molecular weight excluding hydrogens is 188 g/mol. The standard InChI is InChI=1S/C12H22N2O/c1-11(7-8-11)10(15)14-12(2)5-3-9(13)4-6-12/h9H,3-8,13H2,1-2H3,(H,14,15). The van der Waals surface area contributed by atoms with Gasteiger partial charge in [-0.1, -0.05) is 6.92 Å². The van der Waals surface area contributed by atoms with Crippen molar-refractivity contribution in [2.24, 2.45) is 11.1 Å². The molecule has 86 valence electrons. The van der Waals surface area contributed by atoms with Gasteiger partial charge in [-0.3, -0.25) is 4.79 Å². The molecule has 2 aliphatic rings. The van der Waals surface area contributed by atoms with Crippen LogP contribution >= 0.6 is 0 Å². The third-order valence-electron chi connectivity index (χ3n) is 4.10. The van der Waals surface area contributed by atoms with Crippen molar-refractivity contribution in [1.29, 1.82) is 0 Å². The van der Waals surface area contributed by atoms with E-state index in [2.05, 4.69) is 19.2 Å². The molecule has 1 amide bonds. The maximum Gasteiger partial charge on any atom is 0.226 e. The molecule has 2 aliphatic carbocycles. The highest BCUT2D eigenvalue weighted by Crippen LogP contribution is 2.45. The molecule has 0 aromatic heterocycles. The van der Waals surface area contributed by atoms with Crippen molar-refractivity contribution in [3.8, 4) is 0 Å². The number of nitrogens with one attached hydrogen (secondary N) is 1. The minimum Gasteiger partial charge on any atom is -0.350 e. The Kier molecular flexibility index (Phi) is 2.53. The molecule has 0 spiro atoms. The summed E-state index contributed by atoms with van der Waals surface area (Å²) in [6.45, 7) is 4.21. The van der Waals surface area contributed by atoms with Gasteiger partial charge in [0.05, 0.1) is 0 Å². The molecule has 2 rings (SSSR count). The van der Waals surface area contributed by atoms with Gasteiger partial charge in [0.25, 0.3) is 0 Å². The first-order chi connectivity index (χ1) is 6.94. The number of amides is 1. The Morgan fingerprint density at radius 2 is 1.73 bits per heavy atom. The third-order valence-corrected chi connectivity index (χ3v) is 4.10. The Bertz CT molecular complexity index is 263. The fourth-order valence-corrected chi connectivity index (χ4v) is 2.24. The lowest BCUT2D eigenvalue weighted by molar-refractivity contribution is -0.128. The number of nitrogens with two attached hydrogens (primary N) is 1. The second kappa shape index (κ2) is 3.48. The first kappa shape index (κ1) is 10.9. The highest BCUT2D eigenvalue weighted by molar-refractivity contribution is 5.85. The predicted molar refractivity (Wildman–Crippen MR) is 60.3 cm³/mol. The number of carbonyl (C=O) groups is 1. The van der Waals surface area contributed by atoms with E-state index in [1.165, 1.54) is 0 Å². The average molecular weight is 210 g/mol. The van der Waals surface area contributed by atoms with Crippen molar-refractivity contribution >= 4 is 5.91 Å². The number of hydrogen-bond acceptors (Lipinski definition) is 2. The monoisotopic (exact) mass is 210 g/mol. The quantitative estimate of drug-likeness (QED) is 0.726. The van der Waals surface area contributed by atoms with E-state index in [9.17, 15) is 4.79 Å². The summed E-state index contributed by atoms with van der Waals surface area (Å²) in [7, 11) is 0. The van der Waals surface area contributed by atoms with E-state index in [1.54, 1.807) is 0 Å². The van der Waals surface area contributed by atoms with Gasteiger partial charge in [0.15, 0.2) is 0 Å². The molecule has 0 saturated heterocycles. The van der Waals surface area contributed by atoms with Crippen LogP contribution in [0, 0.1) is 5.41 Å². The lowest BCUT2D eigenvalue weighted by Crippen LogP contribution is -2.51. The van der Waals surface area contributed by atoms with Crippen LogP contribution in [0.25, 0.3) is 0 Å². The normalized spacial score (nSPS) is 38.5. The van der Waals surface area contributed by atoms with E-state index in [-0.39, 0.29) is 16.9 Å². The van der Waals surface area contributed by atoms with E-state index in [4.69, 9.17) is 5.73 Å². The fourth-order valence-electron chi connectivity index (χ4n) is 2.24. The first-order valence-corrected chi connectivity index (χ1v) is 6.02. The van der Waals surface area contributed by atoms with Crippen molar-refractivity contribution < 1.29 is 4.79 Å². The second-order valence-electron chi connectivity index (χ2n) is 5.91. The van der Waals surface area contributed by atoms with Crippen LogP contribution in [0.4, 0.5) is 0 Å². The maximum atomic E-state index is 11.9. The molecule has 0 bridgehead atoms. The van der Waals surface area contributed by atoms with Crippen LogP contribution in [-0.2, 0) is 4.79 Å². The van der Waals surface area contributed by atoms with Gasteiger partial charge in [0.2, 0.25) is 5.91 Å². The van der Waals surface area contributed by atoms with Crippen LogP contribution in [0.1, 0.15) is 52.4 Å². The zero-order chi connectivity index (χ0) is 11.1. The Morgan fingerprint density at radius 1 is 1.20 bits per heavy atom. The Morgan fingerprint density at radius 3 is 2.20 bits per heavy atom. The fraction of sp³-hybridized carbons (Fsp3) is 0.917. The minimum atomic E-state index is -0.0530. The van der Waals surface area contributed by atoms with Crippen LogP contribution in [0.15, 0.2) is 0 Å². The molecular formula is C12H22N2O. The SMILES string of the molecule is CC1(NC(=O)C2(C)CC2)CCC(N)CC1. The molecule has 0 aromatic rings. The van der Waals surface area contributed by atoms with E-state index >= 15 is 0 Å². The van der Waals surface area contributed by atoms with Crippen molar-refractivity contribution in [1.82, 2.24) is 5.32 Å². The lowest BCUT2D eigenvalue weighted by Gasteiger charge is -2.37. The number of hydrogen-bond donors (Lipinski definition) is 2. The van der Waals surface area contributed by atoms with Gasteiger partial charge in [-0.15, -0.1) is 0 Å². The zero-order valence-electron chi connectivity index (χ0n) is 9.81. The molecule has 3 heteroatoms. The summed E-state index contributed by atoms with van der Waals surface area (Å²) in [6, 6.07) is 0.339. The Hall–Kier alpha value is -0.570. The summed E-state index contributed by atoms with van der Waals surface area (Å²) in [5.74, 6) is 0.250. The van der Waals surface area contributed by atoms with Crippen LogP contribution in [0.2, 0.25) is 0 Å². The smallest absolute Gasteiger partial charge is 0.226 e. The average Bonchev–Trinajstić information content (AvgIpc) is 2.91. The van der Waals surface area contributed by atoms with Crippen molar-refractivity contribution in [2.75, 3.05) is 0 Å². The lowest BCUT2D eigenvalue weighted by atomic mass is 9.80. The molecule has 0 heterocycles. The summed E-state index contributed by atoms with van der Waals surface area (Å²) in [5, 5.41) is 3.22. The Balaban J connectivity index is 1.90. The highest BCUT2D eigenvalue weighted by Gasteiger charge is 2.47. The molecule has 0 atom stereocenters. The van der Waals surface area contributed by atoms with Gasteiger partial charge in [0, 0.05) is 17.0 Å². The third kappa shape index (κ3) is 2.33. The topological polar surface area (TPSA) is 55.1 Å². The largest absolute Gasteiger partial charge is 0.350 e. The molecule has 0 unspecified atom stereocenters. The van der Waals surface area contributed by atoms with E-state index in [0.717, 1.165) is 38.5 Å². The summed E-state index contributed by atoms with van der Waals surface area (Å²) in [5.41, 5.74) is 5.82. The van der Waals surface area contributed by atoms with Gasteiger partial charge in [-0.25, -0.2) is 0 Å². The molecule has 0 aromatic carbocycles. The van der Waals surface area contributed by atoms with Crippen molar-refractivity contribution in [3.63, 3.8) is 0 Å². The van der Waals surface area contributed by atoms with Gasteiger partial charge < -0.3 is 11.1 Å². The van der Waals surface area contributed by atoms with E-state index in [1.807, 2.05) is 0 Å². The van der Waals surface area contributed by atoms with Crippen molar-refractivity contribution in [2.45, 2.75) is 64.0 Å². The Labute approximate surface area is 91.8 Å². The van der Waals surface area contributed by atoms with Crippen molar-refractivity contribution in [3.05, 3.63) is 0 Å². The summed E-state index contributed by atoms with van der Waals surface area (Å²) in [4.78, 5) is 11.9. The molecule has 2 fully saturated rings. The molecule has 0 radical (unpaired) electrons. The molecule has 15 heavy (non-hydrogen) atoms. The number of carbonyl (C=O) groups excluding carboxylic acids is 1. The highest BCUT2D eigenvalue weighted by atomic mass is 16.2. The van der Waals surface area contributed by atoms with Crippen LogP contribution in [0.5, 0.6) is 0 Å². The predicted octanol–water partition coefficient (Wildman–Crippen LogP) is 1.56.